The van der Waals surface area contributed by atoms with Crippen LogP contribution in [0.2, 0.25) is 0 Å². The molecule has 2 rings (SSSR count). The maximum atomic E-state index is 12.9. The van der Waals surface area contributed by atoms with Crippen molar-refractivity contribution < 1.29 is 17.8 Å². The summed E-state index contributed by atoms with van der Waals surface area (Å²) in [6.07, 6.45) is -4.41. The maximum Gasteiger partial charge on any atom is 0.416 e. The molecule has 21 heavy (non-hydrogen) atoms. The van der Waals surface area contributed by atoms with E-state index in [9.17, 15) is 13.2 Å². The number of hydrogen-bond acceptors (Lipinski definition) is 2. The van der Waals surface area contributed by atoms with Crippen molar-refractivity contribution in [1.82, 2.24) is 0 Å². The fourth-order valence-corrected chi connectivity index (χ4v) is 2.46. The monoisotopic (exact) mass is 297 g/mol. The van der Waals surface area contributed by atoms with Crippen molar-refractivity contribution >= 4 is 18.1 Å². The van der Waals surface area contributed by atoms with Gasteiger partial charge in [-0.2, -0.15) is 13.2 Å². The van der Waals surface area contributed by atoms with Crippen molar-refractivity contribution in [2.24, 2.45) is 5.41 Å². The molecule has 0 bridgehead atoms. The average Bonchev–Trinajstić information content (AvgIpc) is 2.48. The smallest absolute Gasteiger partial charge is 0.416 e. The number of halogens is 3. The Morgan fingerprint density at radius 2 is 1.76 bits per heavy atom. The van der Waals surface area contributed by atoms with Gasteiger partial charge in [-0.15, -0.1) is 6.58 Å². The first-order chi connectivity index (χ1) is 9.38. The third-order valence-corrected chi connectivity index (χ3v) is 4.73. The van der Waals surface area contributed by atoms with Crippen LogP contribution in [0, 0.1) is 5.41 Å². The minimum absolute atomic E-state index is 0.280. The predicted octanol–water partition coefficient (Wildman–Crippen LogP) is 3.42. The lowest BCUT2D eigenvalue weighted by molar-refractivity contribution is -0.137. The molecule has 0 atom stereocenters. The lowest BCUT2D eigenvalue weighted by Crippen LogP contribution is -2.37. The third-order valence-electron chi connectivity index (χ3n) is 4.73. The van der Waals surface area contributed by atoms with Crippen molar-refractivity contribution in [1.29, 1.82) is 0 Å². The first kappa shape index (κ1) is 16.0. The van der Waals surface area contributed by atoms with Crippen LogP contribution in [-0.2, 0) is 10.8 Å². The minimum atomic E-state index is -4.41. The zero-order valence-corrected chi connectivity index (χ0v) is 12.6. The van der Waals surface area contributed by atoms with E-state index < -0.39 is 24.3 Å². The van der Waals surface area contributed by atoms with Crippen LogP contribution in [0.4, 0.5) is 18.9 Å². The van der Waals surface area contributed by atoms with Gasteiger partial charge in [0.05, 0.1) is 11.2 Å². The van der Waals surface area contributed by atoms with Crippen molar-refractivity contribution in [3.8, 4) is 0 Å². The Bertz CT molecular complexity index is 593. The fourth-order valence-electron chi connectivity index (χ4n) is 2.46. The summed E-state index contributed by atoms with van der Waals surface area (Å²) in [5.41, 5.74) is 5.58. The van der Waals surface area contributed by atoms with Gasteiger partial charge in [0.2, 0.25) is 0 Å². The van der Waals surface area contributed by atoms with Crippen LogP contribution in [-0.4, -0.2) is 12.5 Å². The summed E-state index contributed by atoms with van der Waals surface area (Å²) in [6, 6.07) is 3.31. The lowest BCUT2D eigenvalue weighted by Gasteiger charge is -2.34. The van der Waals surface area contributed by atoms with Gasteiger partial charge in [-0.1, -0.05) is 25.4 Å². The second-order valence-corrected chi connectivity index (χ2v) is 6.50. The van der Waals surface area contributed by atoms with Crippen LogP contribution in [0.5, 0.6) is 0 Å². The molecule has 0 amide bonds. The molecule has 2 nitrogen and oxygen atoms in total. The molecular weight excluding hydrogens is 278 g/mol. The molecule has 1 fully saturated rings. The van der Waals surface area contributed by atoms with Crippen molar-refractivity contribution in [3.05, 3.63) is 35.8 Å². The van der Waals surface area contributed by atoms with E-state index in [-0.39, 0.29) is 11.1 Å². The van der Waals surface area contributed by atoms with E-state index in [1.807, 2.05) is 27.7 Å². The van der Waals surface area contributed by atoms with Crippen LogP contribution >= 0.6 is 0 Å². The summed E-state index contributed by atoms with van der Waals surface area (Å²) >= 11 is 0. The molecule has 1 heterocycles. The number of hydrogen-bond donors (Lipinski definition) is 1. The predicted molar refractivity (Wildman–Crippen MR) is 79.3 cm³/mol. The second kappa shape index (κ2) is 4.53. The molecule has 0 spiro atoms. The molecule has 0 aromatic heterocycles. The zero-order valence-electron chi connectivity index (χ0n) is 12.6. The molecular formula is C15H19BF3NO. The molecule has 1 aromatic rings. The van der Waals surface area contributed by atoms with Gasteiger partial charge in [-0.05, 0) is 31.4 Å². The Balaban J connectivity index is 2.51. The van der Waals surface area contributed by atoms with Gasteiger partial charge in [0, 0.05) is 11.1 Å². The normalized spacial score (nSPS) is 20.9. The summed E-state index contributed by atoms with van der Waals surface area (Å²) in [5, 5.41) is 0. The fraction of sp³-hybridized carbons (Fsp3) is 0.467. The van der Waals surface area contributed by atoms with E-state index in [2.05, 4.69) is 6.58 Å². The summed E-state index contributed by atoms with van der Waals surface area (Å²) in [6.45, 7) is 11.2. The molecule has 1 saturated heterocycles. The van der Waals surface area contributed by atoms with Gasteiger partial charge >= 0.3 is 13.1 Å². The van der Waals surface area contributed by atoms with Gasteiger partial charge in [0.25, 0.3) is 0 Å². The molecule has 0 unspecified atom stereocenters. The summed E-state index contributed by atoms with van der Waals surface area (Å²) in [5.74, 6) is 0. The summed E-state index contributed by atoms with van der Waals surface area (Å²) < 4.78 is 44.6. The molecule has 1 aromatic carbocycles. The SMILES string of the molecule is C=C1B(c2cc(C(F)(F)F)ccc2N)OC(C)(C)C1(C)C. The highest BCUT2D eigenvalue weighted by Gasteiger charge is 2.53. The van der Waals surface area contributed by atoms with E-state index in [4.69, 9.17) is 10.4 Å². The second-order valence-electron chi connectivity index (χ2n) is 6.50. The van der Waals surface area contributed by atoms with Crippen LogP contribution < -0.4 is 11.2 Å². The molecule has 1 aliphatic heterocycles. The Labute approximate surface area is 123 Å². The number of alkyl halides is 3. The number of rotatable bonds is 1. The van der Waals surface area contributed by atoms with Crippen molar-refractivity contribution in [2.45, 2.75) is 39.5 Å². The van der Waals surface area contributed by atoms with Gasteiger partial charge in [0.15, 0.2) is 0 Å². The highest BCUT2D eigenvalue weighted by molar-refractivity contribution is 6.76. The number of nitrogen functional groups attached to an aromatic ring is 1. The molecule has 0 aliphatic carbocycles. The molecule has 6 heteroatoms. The molecule has 0 saturated carbocycles. The van der Waals surface area contributed by atoms with Crippen LogP contribution in [0.3, 0.4) is 0 Å². The van der Waals surface area contributed by atoms with Gasteiger partial charge < -0.3 is 10.4 Å². The van der Waals surface area contributed by atoms with Gasteiger partial charge in [-0.25, -0.2) is 0 Å². The van der Waals surface area contributed by atoms with Crippen LogP contribution in [0.1, 0.15) is 33.3 Å². The quantitative estimate of drug-likeness (QED) is 0.637. The summed E-state index contributed by atoms with van der Waals surface area (Å²) in [7, 11) is 0. The first-order valence-electron chi connectivity index (χ1n) is 6.71. The standard InChI is InChI=1S/C15H19BF3NO/c1-9-13(2,3)14(4,5)21-16(9)11-8-10(15(17,18)19)6-7-12(11)20/h6-8H,1,20H2,2-5H3. The zero-order chi connectivity index (χ0) is 16.2. The Kier molecular flexibility index (Phi) is 3.44. The molecule has 0 radical (unpaired) electrons. The van der Waals surface area contributed by atoms with Gasteiger partial charge in [0.1, 0.15) is 0 Å². The van der Waals surface area contributed by atoms with Crippen LogP contribution in [0.15, 0.2) is 30.3 Å². The molecule has 1 aliphatic rings. The Morgan fingerprint density at radius 3 is 2.19 bits per heavy atom. The van der Waals surface area contributed by atoms with E-state index in [0.717, 1.165) is 17.6 Å². The number of anilines is 1. The largest absolute Gasteiger partial charge is 0.421 e. The maximum absolute atomic E-state index is 12.9. The van der Waals surface area contributed by atoms with Crippen LogP contribution in [0.25, 0.3) is 0 Å². The highest BCUT2D eigenvalue weighted by atomic mass is 19.4. The summed E-state index contributed by atoms with van der Waals surface area (Å²) in [4.78, 5) is 0. The molecule has 114 valence electrons. The van der Waals surface area contributed by atoms with E-state index in [1.54, 1.807) is 0 Å². The van der Waals surface area contributed by atoms with E-state index >= 15 is 0 Å². The Morgan fingerprint density at radius 1 is 1.19 bits per heavy atom. The van der Waals surface area contributed by atoms with E-state index in [1.165, 1.54) is 6.07 Å². The van der Waals surface area contributed by atoms with E-state index in [0.29, 0.717) is 5.46 Å². The minimum Gasteiger partial charge on any atom is -0.421 e. The number of benzene rings is 1. The topological polar surface area (TPSA) is 35.2 Å². The average molecular weight is 297 g/mol. The third kappa shape index (κ3) is 2.46. The Hall–Kier alpha value is -1.43. The van der Waals surface area contributed by atoms with Crippen molar-refractivity contribution in [2.75, 3.05) is 5.73 Å². The highest BCUT2D eigenvalue weighted by Crippen LogP contribution is 2.47. The number of nitrogens with two attached hydrogens (primary N) is 1. The van der Waals surface area contributed by atoms with Crippen molar-refractivity contribution in [3.63, 3.8) is 0 Å². The first-order valence-corrected chi connectivity index (χ1v) is 6.71. The van der Waals surface area contributed by atoms with Gasteiger partial charge in [-0.3, -0.25) is 0 Å². The lowest BCUT2D eigenvalue weighted by atomic mass is 9.50. The molecule has 2 N–H and O–H groups in total.